The number of ether oxygens (including phenoxy) is 1. The van der Waals surface area contributed by atoms with Crippen molar-refractivity contribution in [1.82, 2.24) is 0 Å². The van der Waals surface area contributed by atoms with E-state index >= 15 is 0 Å². The molecule has 2 aromatic rings. The predicted octanol–water partition coefficient (Wildman–Crippen LogP) is 5.53. The van der Waals surface area contributed by atoms with Gasteiger partial charge in [0.05, 0.1) is 17.2 Å². The molecule has 0 aliphatic carbocycles. The first-order valence-electron chi connectivity index (χ1n) is 7.85. The van der Waals surface area contributed by atoms with E-state index in [1.807, 2.05) is 30.3 Å². The maximum absolute atomic E-state index is 12.7. The van der Waals surface area contributed by atoms with Gasteiger partial charge < -0.3 is 4.74 Å². The van der Waals surface area contributed by atoms with Gasteiger partial charge in [-0.15, -0.1) is 0 Å². The summed E-state index contributed by atoms with van der Waals surface area (Å²) in [7, 11) is 0. The van der Waals surface area contributed by atoms with Crippen LogP contribution in [0.15, 0.2) is 53.4 Å². The average molecular weight is 390 g/mol. The summed E-state index contributed by atoms with van der Waals surface area (Å²) in [6.45, 7) is 2.76. The topological polar surface area (TPSA) is 29.5 Å². The molecule has 1 fully saturated rings. The minimum atomic E-state index is -0.122. The Morgan fingerprint density at radius 3 is 2.48 bits per heavy atom. The van der Waals surface area contributed by atoms with Crippen molar-refractivity contribution in [3.63, 3.8) is 0 Å². The molecule has 1 aliphatic rings. The van der Waals surface area contributed by atoms with Gasteiger partial charge in [-0.05, 0) is 54.5 Å². The van der Waals surface area contributed by atoms with Gasteiger partial charge in [0.1, 0.15) is 5.75 Å². The van der Waals surface area contributed by atoms with Gasteiger partial charge in [0, 0.05) is 5.02 Å². The molecule has 0 bridgehead atoms. The number of rotatable bonds is 5. The third kappa shape index (κ3) is 4.24. The van der Waals surface area contributed by atoms with Crippen LogP contribution in [0.1, 0.15) is 18.9 Å². The zero-order valence-corrected chi connectivity index (χ0v) is 16.0. The van der Waals surface area contributed by atoms with E-state index in [0.717, 1.165) is 23.4 Å². The van der Waals surface area contributed by atoms with E-state index in [4.69, 9.17) is 28.6 Å². The maximum Gasteiger partial charge on any atom is 0.270 e. The second-order valence-corrected chi connectivity index (χ2v) is 7.52. The van der Waals surface area contributed by atoms with Crippen molar-refractivity contribution in [3.8, 4) is 5.75 Å². The standard InChI is InChI=1S/C19H16ClNO2S2/c1-2-11-23-16-9-3-13(4-10-16)12-17-18(22)21(19(24)25-17)15-7-5-14(20)6-8-15/h3-10,12H,2,11H2,1H3. The van der Waals surface area contributed by atoms with E-state index in [9.17, 15) is 4.79 Å². The van der Waals surface area contributed by atoms with E-state index in [0.29, 0.717) is 20.9 Å². The van der Waals surface area contributed by atoms with Crippen LogP contribution in [0.4, 0.5) is 5.69 Å². The molecule has 1 aliphatic heterocycles. The van der Waals surface area contributed by atoms with Crippen LogP contribution in [0.5, 0.6) is 5.75 Å². The van der Waals surface area contributed by atoms with Crippen LogP contribution in [-0.2, 0) is 4.79 Å². The largest absolute Gasteiger partial charge is 0.494 e. The minimum Gasteiger partial charge on any atom is -0.494 e. The molecule has 1 heterocycles. The molecule has 0 radical (unpaired) electrons. The number of thioether (sulfide) groups is 1. The smallest absolute Gasteiger partial charge is 0.270 e. The maximum atomic E-state index is 12.7. The van der Waals surface area contributed by atoms with Gasteiger partial charge in [0.15, 0.2) is 4.32 Å². The Morgan fingerprint density at radius 1 is 1.16 bits per heavy atom. The molecular formula is C19H16ClNO2S2. The highest BCUT2D eigenvalue weighted by molar-refractivity contribution is 8.27. The number of carbonyl (C=O) groups excluding carboxylic acids is 1. The van der Waals surface area contributed by atoms with E-state index < -0.39 is 0 Å². The van der Waals surface area contributed by atoms with Gasteiger partial charge in [-0.25, -0.2) is 0 Å². The highest BCUT2D eigenvalue weighted by atomic mass is 35.5. The first-order chi connectivity index (χ1) is 12.1. The molecular weight excluding hydrogens is 374 g/mol. The summed E-state index contributed by atoms with van der Waals surface area (Å²) in [5, 5.41) is 0.620. The molecule has 1 saturated heterocycles. The van der Waals surface area contributed by atoms with Crippen LogP contribution >= 0.6 is 35.6 Å². The van der Waals surface area contributed by atoms with Crippen LogP contribution in [-0.4, -0.2) is 16.8 Å². The SMILES string of the molecule is CCCOc1ccc(C=C2SC(=S)N(c3ccc(Cl)cc3)C2=O)cc1. The Kier molecular flexibility index (Phi) is 5.78. The average Bonchev–Trinajstić information content (AvgIpc) is 2.89. The summed E-state index contributed by atoms with van der Waals surface area (Å²) in [5.41, 5.74) is 1.65. The van der Waals surface area contributed by atoms with Crippen molar-refractivity contribution in [2.24, 2.45) is 0 Å². The highest BCUT2D eigenvalue weighted by Crippen LogP contribution is 2.36. The fourth-order valence-corrected chi connectivity index (χ4v) is 3.74. The van der Waals surface area contributed by atoms with Crippen molar-refractivity contribution < 1.29 is 9.53 Å². The number of hydrogen-bond donors (Lipinski definition) is 0. The molecule has 1 amide bonds. The number of amides is 1. The number of carbonyl (C=O) groups is 1. The molecule has 0 unspecified atom stereocenters. The Balaban J connectivity index is 1.79. The lowest BCUT2D eigenvalue weighted by Gasteiger charge is -2.14. The predicted molar refractivity (Wildman–Crippen MR) is 109 cm³/mol. The molecule has 128 valence electrons. The summed E-state index contributed by atoms with van der Waals surface area (Å²) in [6.07, 6.45) is 2.81. The van der Waals surface area contributed by atoms with Crippen LogP contribution in [0.25, 0.3) is 6.08 Å². The summed E-state index contributed by atoms with van der Waals surface area (Å²) in [4.78, 5) is 14.8. The fraction of sp³-hybridized carbons (Fsp3) is 0.158. The zero-order chi connectivity index (χ0) is 17.8. The summed E-state index contributed by atoms with van der Waals surface area (Å²) >= 11 is 12.6. The summed E-state index contributed by atoms with van der Waals surface area (Å²) in [5.74, 6) is 0.705. The molecule has 0 N–H and O–H groups in total. The van der Waals surface area contributed by atoms with Crippen molar-refractivity contribution in [1.29, 1.82) is 0 Å². The molecule has 0 atom stereocenters. The monoisotopic (exact) mass is 389 g/mol. The number of benzene rings is 2. The number of halogens is 1. The summed E-state index contributed by atoms with van der Waals surface area (Å²) < 4.78 is 6.09. The molecule has 3 rings (SSSR count). The molecule has 2 aromatic carbocycles. The van der Waals surface area contributed by atoms with Crippen LogP contribution in [0.2, 0.25) is 5.02 Å². The van der Waals surface area contributed by atoms with Gasteiger partial charge in [-0.2, -0.15) is 0 Å². The molecule has 0 spiro atoms. The molecule has 25 heavy (non-hydrogen) atoms. The second kappa shape index (κ2) is 8.04. The van der Waals surface area contributed by atoms with Crippen LogP contribution in [0, 0.1) is 0 Å². The van der Waals surface area contributed by atoms with Crippen LogP contribution in [0.3, 0.4) is 0 Å². The number of anilines is 1. The Labute approximate surface area is 161 Å². The Morgan fingerprint density at radius 2 is 1.84 bits per heavy atom. The van der Waals surface area contributed by atoms with E-state index in [1.165, 1.54) is 16.7 Å². The van der Waals surface area contributed by atoms with Gasteiger partial charge in [0.25, 0.3) is 5.91 Å². The normalized spacial score (nSPS) is 15.9. The van der Waals surface area contributed by atoms with Gasteiger partial charge in [-0.3, -0.25) is 9.69 Å². The molecule has 0 saturated carbocycles. The van der Waals surface area contributed by atoms with E-state index in [2.05, 4.69) is 6.92 Å². The number of thiocarbonyl (C=S) groups is 1. The van der Waals surface area contributed by atoms with E-state index in [-0.39, 0.29) is 5.91 Å². The minimum absolute atomic E-state index is 0.122. The van der Waals surface area contributed by atoms with Crippen molar-refractivity contribution >= 4 is 57.6 Å². The summed E-state index contributed by atoms with van der Waals surface area (Å²) in [6, 6.07) is 14.7. The third-order valence-corrected chi connectivity index (χ3v) is 5.08. The number of hydrogen-bond acceptors (Lipinski definition) is 4. The highest BCUT2D eigenvalue weighted by Gasteiger charge is 2.33. The third-order valence-electron chi connectivity index (χ3n) is 3.53. The van der Waals surface area contributed by atoms with Gasteiger partial charge in [0.2, 0.25) is 0 Å². The molecule has 0 aromatic heterocycles. The van der Waals surface area contributed by atoms with Crippen LogP contribution < -0.4 is 9.64 Å². The van der Waals surface area contributed by atoms with Crippen molar-refractivity contribution in [3.05, 3.63) is 64.0 Å². The van der Waals surface area contributed by atoms with Crippen molar-refractivity contribution in [2.75, 3.05) is 11.5 Å². The first-order valence-corrected chi connectivity index (χ1v) is 9.45. The van der Waals surface area contributed by atoms with E-state index in [1.54, 1.807) is 24.3 Å². The first kappa shape index (κ1) is 18.0. The fourth-order valence-electron chi connectivity index (χ4n) is 2.31. The quantitative estimate of drug-likeness (QED) is 0.496. The Hall–Kier alpha value is -1.82. The lowest BCUT2D eigenvalue weighted by molar-refractivity contribution is -0.113. The molecule has 6 heteroatoms. The van der Waals surface area contributed by atoms with Gasteiger partial charge >= 0.3 is 0 Å². The molecule has 3 nitrogen and oxygen atoms in total. The zero-order valence-electron chi connectivity index (χ0n) is 13.6. The lowest BCUT2D eigenvalue weighted by atomic mass is 10.2. The second-order valence-electron chi connectivity index (χ2n) is 5.41. The lowest BCUT2D eigenvalue weighted by Crippen LogP contribution is -2.27. The Bertz CT molecular complexity index is 816. The van der Waals surface area contributed by atoms with Crippen molar-refractivity contribution in [2.45, 2.75) is 13.3 Å². The number of nitrogens with zero attached hydrogens (tertiary/aromatic N) is 1. The van der Waals surface area contributed by atoms with Gasteiger partial charge in [-0.1, -0.05) is 54.6 Å².